The van der Waals surface area contributed by atoms with Gasteiger partial charge in [0, 0.05) is 33.1 Å². The maximum Gasteiger partial charge on any atom is 0.143 e. The summed E-state index contributed by atoms with van der Waals surface area (Å²) < 4.78 is 51.7. The Bertz CT molecular complexity index is 3270. The van der Waals surface area contributed by atoms with E-state index in [1.54, 1.807) is 0 Å². The summed E-state index contributed by atoms with van der Waals surface area (Å²) in [5, 5.41) is 4.00. The molecule has 2 nitrogen and oxygen atoms in total. The Morgan fingerprint density at radius 3 is 1.91 bits per heavy atom. The number of rotatable bonds is 6. The number of anilines is 3. The van der Waals surface area contributed by atoms with E-state index in [-0.39, 0.29) is 17.8 Å². The molecule has 55 heavy (non-hydrogen) atoms. The van der Waals surface area contributed by atoms with Gasteiger partial charge >= 0.3 is 0 Å². The highest BCUT2D eigenvalue weighted by molar-refractivity contribution is 6.19. The van der Waals surface area contributed by atoms with Gasteiger partial charge in [0.2, 0.25) is 0 Å². The van der Waals surface area contributed by atoms with E-state index < -0.39 is 23.5 Å². The monoisotopic (exact) mass is 706 g/mol. The minimum Gasteiger partial charge on any atom is -0.455 e. The zero-order valence-electron chi connectivity index (χ0n) is 34.7. The molecule has 11 rings (SSSR count). The largest absolute Gasteiger partial charge is 0.455 e. The van der Waals surface area contributed by atoms with Gasteiger partial charge in [0.15, 0.2) is 0 Å². The van der Waals surface area contributed by atoms with Gasteiger partial charge in [-0.3, -0.25) is 0 Å². The number of hydrogen-bond acceptors (Lipinski definition) is 2. The fourth-order valence-corrected chi connectivity index (χ4v) is 8.99. The van der Waals surface area contributed by atoms with Gasteiger partial charge in [-0.1, -0.05) is 170 Å². The lowest BCUT2D eigenvalue weighted by atomic mass is 9.67. The first-order valence-electron chi connectivity index (χ1n) is 21.0. The van der Waals surface area contributed by atoms with Crippen molar-refractivity contribution in [3.8, 4) is 22.3 Å². The molecule has 9 aromatic carbocycles. The van der Waals surface area contributed by atoms with Gasteiger partial charge in [-0.2, -0.15) is 0 Å². The van der Waals surface area contributed by atoms with Crippen molar-refractivity contribution in [2.75, 3.05) is 4.90 Å². The number of hydrogen-bond donors (Lipinski definition) is 0. The molecule has 0 unspecified atom stereocenters. The first kappa shape index (κ1) is 26.6. The molecule has 0 aliphatic heterocycles. The van der Waals surface area contributed by atoms with Crippen LogP contribution < -0.4 is 4.90 Å². The average molecular weight is 707 g/mol. The Kier molecular flexibility index (Phi) is 6.03. The molecule has 0 saturated carbocycles. The molecule has 0 bridgehead atoms. The maximum atomic E-state index is 9.41. The lowest BCUT2D eigenvalue weighted by molar-refractivity contribution is 0.673. The second-order valence-electron chi connectivity index (χ2n) is 14.0. The predicted octanol–water partition coefficient (Wildman–Crippen LogP) is 14.2. The molecular weight excluding hydrogens is 667 g/mol. The smallest absolute Gasteiger partial charge is 0.143 e. The Morgan fingerprint density at radius 2 is 1.11 bits per heavy atom. The third kappa shape index (κ3) is 4.68. The third-order valence-electron chi connectivity index (χ3n) is 11.2. The van der Waals surface area contributed by atoms with E-state index in [9.17, 15) is 2.74 Å². The predicted molar refractivity (Wildman–Crippen MR) is 229 cm³/mol. The third-order valence-corrected chi connectivity index (χ3v) is 11.2. The van der Waals surface area contributed by atoms with Gasteiger partial charge in [-0.25, -0.2) is 0 Å². The number of benzene rings is 9. The summed E-state index contributed by atoms with van der Waals surface area (Å²) in [6.45, 7) is 0. The van der Waals surface area contributed by atoms with Crippen molar-refractivity contribution in [3.63, 3.8) is 0 Å². The Hall–Kier alpha value is -7.16. The minimum atomic E-state index is -0.723. The molecule has 1 heterocycles. The molecule has 1 aromatic heterocycles. The molecular formula is C53H35NO. The van der Waals surface area contributed by atoms with E-state index in [1.807, 2.05) is 71.6 Å². The van der Waals surface area contributed by atoms with Crippen molar-refractivity contribution in [1.82, 2.24) is 0 Å². The summed E-state index contributed by atoms with van der Waals surface area (Å²) >= 11 is 0. The minimum absolute atomic E-state index is 0.0594. The zero-order valence-corrected chi connectivity index (χ0v) is 29.7. The molecule has 0 atom stereocenters. The zero-order chi connectivity index (χ0) is 40.7. The SMILES string of the molecule is [2H]c1c([2H])c([2H])c(N(c2ccc3c(c2)C(c2ccccc2)(c2ccccc2)c2ccccc2-3)c2ccccc2-c2cccc3oc4c5ccccc5ccc4c23)c([2H])c1[2H]. The van der Waals surface area contributed by atoms with Crippen LogP contribution in [0.25, 0.3) is 55.0 Å². The molecule has 0 saturated heterocycles. The molecule has 0 spiro atoms. The topological polar surface area (TPSA) is 16.4 Å². The van der Waals surface area contributed by atoms with E-state index >= 15 is 0 Å². The molecule has 0 radical (unpaired) electrons. The van der Waals surface area contributed by atoms with Gasteiger partial charge in [0.25, 0.3) is 0 Å². The van der Waals surface area contributed by atoms with Crippen molar-refractivity contribution in [3.05, 3.63) is 234 Å². The number of para-hydroxylation sites is 2. The Balaban J connectivity index is 1.23. The lowest BCUT2D eigenvalue weighted by Gasteiger charge is -2.35. The fraction of sp³-hybridized carbons (Fsp3) is 0.0189. The standard InChI is InChI=1S/C53H35NO/c1-4-18-37(19-5-1)53(38-20-6-2-7-21-38)47-28-14-12-25-42(47)43-34-32-40(35-48(43)53)54(39-22-8-3-9-23-39)49-29-15-13-26-44(49)45-27-16-30-50-51(45)46-33-31-36-17-10-11-24-41(36)52(46)55-50/h1-35H/i3D,8D,9D,22D,23D. The van der Waals surface area contributed by atoms with Crippen molar-refractivity contribution in [1.29, 1.82) is 0 Å². The summed E-state index contributed by atoms with van der Waals surface area (Å²) in [4.78, 5) is 1.86. The summed E-state index contributed by atoms with van der Waals surface area (Å²) in [5.41, 5.74) is 10.4. The number of nitrogens with zero attached hydrogens (tertiary/aromatic N) is 1. The van der Waals surface area contributed by atoms with Crippen LogP contribution in [0.1, 0.15) is 29.1 Å². The molecule has 0 fully saturated rings. The number of furan rings is 1. The van der Waals surface area contributed by atoms with E-state index in [2.05, 4.69) is 115 Å². The van der Waals surface area contributed by atoms with Crippen molar-refractivity contribution < 1.29 is 11.3 Å². The normalized spacial score (nSPS) is 14.1. The van der Waals surface area contributed by atoms with Crippen molar-refractivity contribution >= 4 is 49.8 Å². The van der Waals surface area contributed by atoms with Crippen LogP contribution in [0.2, 0.25) is 0 Å². The molecule has 1 aliphatic rings. The first-order chi connectivity index (χ1) is 29.4. The first-order valence-corrected chi connectivity index (χ1v) is 18.5. The molecule has 1 aliphatic carbocycles. The van der Waals surface area contributed by atoms with Crippen molar-refractivity contribution in [2.45, 2.75) is 5.41 Å². The highest BCUT2D eigenvalue weighted by atomic mass is 16.3. The van der Waals surface area contributed by atoms with Gasteiger partial charge in [0.1, 0.15) is 11.2 Å². The number of fused-ring (bicyclic) bond motifs is 8. The second kappa shape index (κ2) is 12.5. The van der Waals surface area contributed by atoms with E-state index in [4.69, 9.17) is 8.53 Å². The van der Waals surface area contributed by atoms with Gasteiger partial charge in [-0.15, -0.1) is 0 Å². The van der Waals surface area contributed by atoms with Crippen LogP contribution in [0, 0.1) is 0 Å². The summed E-state index contributed by atoms with van der Waals surface area (Å²) in [5.74, 6) is 0. The van der Waals surface area contributed by atoms with Gasteiger partial charge in [0.05, 0.1) is 18.0 Å². The summed E-state index contributed by atoms with van der Waals surface area (Å²) in [6.07, 6.45) is 0. The lowest BCUT2D eigenvalue weighted by Crippen LogP contribution is -2.28. The van der Waals surface area contributed by atoms with Crippen LogP contribution >= 0.6 is 0 Å². The van der Waals surface area contributed by atoms with Crippen LogP contribution in [0.4, 0.5) is 17.1 Å². The van der Waals surface area contributed by atoms with Crippen LogP contribution in [0.3, 0.4) is 0 Å². The molecule has 10 aromatic rings. The maximum absolute atomic E-state index is 9.41. The molecule has 0 amide bonds. The van der Waals surface area contributed by atoms with E-state index in [0.717, 1.165) is 77.2 Å². The van der Waals surface area contributed by atoms with E-state index in [0.29, 0.717) is 11.4 Å². The Labute approximate surface area is 327 Å². The molecule has 258 valence electrons. The van der Waals surface area contributed by atoms with Gasteiger partial charge < -0.3 is 9.32 Å². The van der Waals surface area contributed by atoms with Crippen LogP contribution in [-0.4, -0.2) is 0 Å². The summed E-state index contributed by atoms with van der Waals surface area (Å²) in [7, 11) is 0. The highest BCUT2D eigenvalue weighted by Crippen LogP contribution is 2.57. The fourth-order valence-electron chi connectivity index (χ4n) is 8.99. The van der Waals surface area contributed by atoms with Crippen LogP contribution in [-0.2, 0) is 5.41 Å². The van der Waals surface area contributed by atoms with Crippen LogP contribution in [0.5, 0.6) is 0 Å². The average Bonchev–Trinajstić information content (AvgIpc) is 3.84. The Morgan fingerprint density at radius 1 is 0.455 bits per heavy atom. The molecule has 2 heteroatoms. The second-order valence-corrected chi connectivity index (χ2v) is 14.0. The van der Waals surface area contributed by atoms with Crippen molar-refractivity contribution in [2.24, 2.45) is 0 Å². The molecule has 0 N–H and O–H groups in total. The summed E-state index contributed by atoms with van der Waals surface area (Å²) in [6, 6.07) is 60.4. The quantitative estimate of drug-likeness (QED) is 0.171. The highest BCUT2D eigenvalue weighted by Gasteiger charge is 2.46. The van der Waals surface area contributed by atoms with Crippen LogP contribution in [0.15, 0.2) is 217 Å². The van der Waals surface area contributed by atoms with Gasteiger partial charge in [-0.05, 0) is 86.7 Å². The van der Waals surface area contributed by atoms with E-state index in [1.165, 1.54) is 0 Å².